The Labute approximate surface area is 117 Å². The highest BCUT2D eigenvalue weighted by molar-refractivity contribution is 9.10. The van der Waals surface area contributed by atoms with E-state index in [0.29, 0.717) is 17.9 Å². The molecule has 0 radical (unpaired) electrons. The summed E-state index contributed by atoms with van der Waals surface area (Å²) in [7, 11) is 0. The molecule has 0 bridgehead atoms. The summed E-state index contributed by atoms with van der Waals surface area (Å²) in [5.74, 6) is 0.461. The lowest BCUT2D eigenvalue weighted by Gasteiger charge is -2.38. The quantitative estimate of drug-likeness (QED) is 0.932. The Morgan fingerprint density at radius 2 is 2.22 bits per heavy atom. The number of piperidine rings is 1. The van der Waals surface area contributed by atoms with Crippen molar-refractivity contribution < 1.29 is 0 Å². The molecule has 4 nitrogen and oxygen atoms in total. The molecule has 0 amide bonds. The van der Waals surface area contributed by atoms with Crippen molar-refractivity contribution in [3.05, 3.63) is 16.2 Å². The molecule has 1 unspecified atom stereocenters. The maximum atomic E-state index is 5.67. The van der Waals surface area contributed by atoms with E-state index in [0.717, 1.165) is 16.6 Å². The van der Waals surface area contributed by atoms with Gasteiger partial charge in [-0.15, -0.1) is 5.10 Å². The first-order chi connectivity index (χ1) is 8.58. The van der Waals surface area contributed by atoms with Gasteiger partial charge in [-0.2, -0.15) is 5.10 Å². The molecule has 1 atom stereocenters. The van der Waals surface area contributed by atoms with Crippen LogP contribution in [0.5, 0.6) is 0 Å². The van der Waals surface area contributed by atoms with Crippen LogP contribution >= 0.6 is 15.9 Å². The summed E-state index contributed by atoms with van der Waals surface area (Å²) >= 11 is 3.41. The standard InChI is InChI=1S/C13H21BrN4/c1-9(2)18-6-4-3-5-11(18)7-10-8-12(14)13(15)17-16-10/h8-9,11H,3-7H2,1-2H3,(H2,15,17). The van der Waals surface area contributed by atoms with E-state index in [1.54, 1.807) is 0 Å². The zero-order valence-electron chi connectivity index (χ0n) is 11.1. The molecule has 0 spiro atoms. The first-order valence-corrected chi connectivity index (χ1v) is 7.40. The van der Waals surface area contributed by atoms with Crippen LogP contribution in [0, 0.1) is 0 Å². The molecule has 100 valence electrons. The summed E-state index contributed by atoms with van der Waals surface area (Å²) in [6.45, 7) is 5.73. The van der Waals surface area contributed by atoms with Gasteiger partial charge in [0.1, 0.15) is 0 Å². The molecular weight excluding hydrogens is 292 g/mol. The van der Waals surface area contributed by atoms with E-state index in [-0.39, 0.29) is 0 Å². The van der Waals surface area contributed by atoms with E-state index < -0.39 is 0 Å². The lowest BCUT2D eigenvalue weighted by molar-refractivity contribution is 0.111. The van der Waals surface area contributed by atoms with Crippen LogP contribution in [-0.2, 0) is 6.42 Å². The Morgan fingerprint density at radius 1 is 1.44 bits per heavy atom. The Hall–Kier alpha value is -0.680. The minimum absolute atomic E-state index is 0.461. The van der Waals surface area contributed by atoms with Gasteiger partial charge in [0.05, 0.1) is 10.2 Å². The normalized spacial score (nSPS) is 21.4. The second-order valence-corrected chi connectivity index (χ2v) is 6.11. The van der Waals surface area contributed by atoms with E-state index in [9.17, 15) is 0 Å². The average Bonchev–Trinajstić information content (AvgIpc) is 2.34. The fourth-order valence-electron chi connectivity index (χ4n) is 2.68. The van der Waals surface area contributed by atoms with E-state index in [1.165, 1.54) is 25.8 Å². The van der Waals surface area contributed by atoms with Gasteiger partial charge in [-0.3, -0.25) is 4.90 Å². The van der Waals surface area contributed by atoms with Gasteiger partial charge in [-0.05, 0) is 55.2 Å². The third-order valence-electron chi connectivity index (χ3n) is 3.60. The number of nitrogens with zero attached hydrogens (tertiary/aromatic N) is 3. The highest BCUT2D eigenvalue weighted by Crippen LogP contribution is 2.23. The van der Waals surface area contributed by atoms with Crippen molar-refractivity contribution in [1.82, 2.24) is 15.1 Å². The maximum Gasteiger partial charge on any atom is 0.160 e. The summed E-state index contributed by atoms with van der Waals surface area (Å²) in [6, 6.07) is 3.18. The highest BCUT2D eigenvalue weighted by Gasteiger charge is 2.25. The maximum absolute atomic E-state index is 5.67. The van der Waals surface area contributed by atoms with E-state index >= 15 is 0 Å². The molecule has 1 saturated heterocycles. The van der Waals surface area contributed by atoms with Crippen molar-refractivity contribution in [2.45, 2.75) is 51.6 Å². The topological polar surface area (TPSA) is 55.0 Å². The number of rotatable bonds is 3. The van der Waals surface area contributed by atoms with Crippen molar-refractivity contribution in [2.75, 3.05) is 12.3 Å². The van der Waals surface area contributed by atoms with Crippen LogP contribution in [0.25, 0.3) is 0 Å². The van der Waals surface area contributed by atoms with Gasteiger partial charge in [0.2, 0.25) is 0 Å². The summed E-state index contributed by atoms with van der Waals surface area (Å²) in [5.41, 5.74) is 6.69. The lowest BCUT2D eigenvalue weighted by atomic mass is 9.96. The van der Waals surface area contributed by atoms with E-state index in [2.05, 4.69) is 44.9 Å². The van der Waals surface area contributed by atoms with Crippen molar-refractivity contribution in [3.63, 3.8) is 0 Å². The third kappa shape index (κ3) is 3.20. The molecule has 1 aliphatic heterocycles. The number of hydrogen-bond donors (Lipinski definition) is 1. The van der Waals surface area contributed by atoms with Crippen LogP contribution in [0.1, 0.15) is 38.8 Å². The zero-order valence-corrected chi connectivity index (χ0v) is 12.7. The predicted molar refractivity (Wildman–Crippen MR) is 77.3 cm³/mol. The lowest BCUT2D eigenvalue weighted by Crippen LogP contribution is -2.45. The summed E-state index contributed by atoms with van der Waals surface area (Å²) in [4.78, 5) is 2.58. The number of nitrogens with two attached hydrogens (primary N) is 1. The molecule has 5 heteroatoms. The van der Waals surface area contributed by atoms with Crippen LogP contribution in [0.4, 0.5) is 5.82 Å². The van der Waals surface area contributed by atoms with Crippen LogP contribution < -0.4 is 5.73 Å². The van der Waals surface area contributed by atoms with Gasteiger partial charge >= 0.3 is 0 Å². The number of halogens is 1. The Bertz CT molecular complexity index is 408. The molecular formula is C13H21BrN4. The van der Waals surface area contributed by atoms with Crippen molar-refractivity contribution in [3.8, 4) is 0 Å². The van der Waals surface area contributed by atoms with Crippen LogP contribution in [0.3, 0.4) is 0 Å². The van der Waals surface area contributed by atoms with Crippen LogP contribution in [0.15, 0.2) is 10.5 Å². The monoisotopic (exact) mass is 312 g/mol. The minimum Gasteiger partial charge on any atom is -0.381 e. The molecule has 0 saturated carbocycles. The fraction of sp³-hybridized carbons (Fsp3) is 0.692. The summed E-state index contributed by atoms with van der Waals surface area (Å²) in [5, 5.41) is 8.17. The first kappa shape index (κ1) is 13.7. The third-order valence-corrected chi connectivity index (χ3v) is 4.24. The second kappa shape index (κ2) is 5.97. The van der Waals surface area contributed by atoms with Gasteiger partial charge in [-0.25, -0.2) is 0 Å². The number of likely N-dealkylation sites (tertiary alicyclic amines) is 1. The zero-order chi connectivity index (χ0) is 13.1. The molecule has 18 heavy (non-hydrogen) atoms. The first-order valence-electron chi connectivity index (χ1n) is 6.61. The number of aromatic nitrogens is 2. The summed E-state index contributed by atoms with van der Waals surface area (Å²) < 4.78 is 0.847. The second-order valence-electron chi connectivity index (χ2n) is 5.25. The van der Waals surface area contributed by atoms with E-state index in [1.807, 2.05) is 6.07 Å². The van der Waals surface area contributed by atoms with Gasteiger partial charge in [-0.1, -0.05) is 6.42 Å². The molecule has 2 heterocycles. The van der Waals surface area contributed by atoms with Gasteiger partial charge < -0.3 is 5.73 Å². The SMILES string of the molecule is CC(C)N1CCCCC1Cc1cc(Br)c(N)nn1. The molecule has 1 fully saturated rings. The Balaban J connectivity index is 2.08. The largest absolute Gasteiger partial charge is 0.381 e. The fourth-order valence-corrected chi connectivity index (χ4v) is 3.02. The Morgan fingerprint density at radius 3 is 2.89 bits per heavy atom. The number of nitrogen functional groups attached to an aromatic ring is 1. The van der Waals surface area contributed by atoms with Crippen LogP contribution in [-0.4, -0.2) is 33.7 Å². The molecule has 2 rings (SSSR count). The predicted octanol–water partition coefficient (Wildman–Crippen LogP) is 2.63. The average molecular weight is 313 g/mol. The van der Waals surface area contributed by atoms with Crippen molar-refractivity contribution in [2.24, 2.45) is 0 Å². The molecule has 0 aromatic carbocycles. The van der Waals surface area contributed by atoms with Gasteiger partial charge in [0, 0.05) is 18.5 Å². The van der Waals surface area contributed by atoms with Crippen molar-refractivity contribution in [1.29, 1.82) is 0 Å². The minimum atomic E-state index is 0.461. The van der Waals surface area contributed by atoms with E-state index in [4.69, 9.17) is 5.73 Å². The Kier molecular flexibility index (Phi) is 4.56. The molecule has 2 N–H and O–H groups in total. The van der Waals surface area contributed by atoms with Gasteiger partial charge in [0.15, 0.2) is 5.82 Å². The summed E-state index contributed by atoms with van der Waals surface area (Å²) in [6.07, 6.45) is 4.84. The molecule has 1 aromatic rings. The number of anilines is 1. The van der Waals surface area contributed by atoms with Gasteiger partial charge in [0.25, 0.3) is 0 Å². The number of hydrogen-bond acceptors (Lipinski definition) is 4. The highest BCUT2D eigenvalue weighted by atomic mass is 79.9. The van der Waals surface area contributed by atoms with Crippen molar-refractivity contribution >= 4 is 21.7 Å². The molecule has 1 aliphatic rings. The van der Waals surface area contributed by atoms with Crippen LogP contribution in [0.2, 0.25) is 0 Å². The smallest absolute Gasteiger partial charge is 0.160 e. The molecule has 1 aromatic heterocycles. The molecule has 0 aliphatic carbocycles.